The Labute approximate surface area is 194 Å². The molecule has 2 aliphatic rings. The quantitative estimate of drug-likeness (QED) is 0.665. The third-order valence-electron chi connectivity index (χ3n) is 6.29. The number of hydrogen-bond donors (Lipinski definition) is 1. The van der Waals surface area contributed by atoms with Crippen LogP contribution in [-0.4, -0.2) is 75.1 Å². The molecular formula is C22H27N3O5S2. The molecule has 2 aliphatic heterocycles. The number of carbonyl (C=O) groups is 3. The highest BCUT2D eigenvalue weighted by Crippen LogP contribution is 2.45. The summed E-state index contributed by atoms with van der Waals surface area (Å²) in [5.74, 6) is -2.12. The smallest absolute Gasteiger partial charge is 0.314 e. The second-order valence-electron chi connectivity index (χ2n) is 8.39. The first-order valence-electron chi connectivity index (χ1n) is 10.8. The summed E-state index contributed by atoms with van der Waals surface area (Å²) in [5.41, 5.74) is -0.461. The van der Waals surface area contributed by atoms with Crippen LogP contribution in [0.15, 0.2) is 22.9 Å². The third-order valence-corrected chi connectivity index (χ3v) is 8.17. The van der Waals surface area contributed by atoms with Crippen LogP contribution in [0.25, 0.3) is 9.88 Å². The lowest BCUT2D eigenvalue weighted by molar-refractivity contribution is -0.156. The van der Waals surface area contributed by atoms with E-state index in [4.69, 9.17) is 4.74 Å². The molecule has 0 saturated carbocycles. The molecular weight excluding hydrogens is 450 g/mol. The number of amides is 2. The van der Waals surface area contributed by atoms with E-state index >= 15 is 0 Å². The molecule has 2 aromatic rings. The molecule has 4 heterocycles. The first-order valence-corrected chi connectivity index (χ1v) is 12.5. The van der Waals surface area contributed by atoms with E-state index in [1.807, 2.05) is 31.4 Å². The molecule has 2 amide bonds. The molecule has 2 fully saturated rings. The zero-order valence-corrected chi connectivity index (χ0v) is 19.9. The van der Waals surface area contributed by atoms with Gasteiger partial charge in [0.05, 0.1) is 17.0 Å². The van der Waals surface area contributed by atoms with E-state index in [-0.39, 0.29) is 18.6 Å². The summed E-state index contributed by atoms with van der Waals surface area (Å²) in [6.45, 7) is 6.35. The van der Waals surface area contributed by atoms with Gasteiger partial charge in [0.2, 0.25) is 0 Å². The van der Waals surface area contributed by atoms with Crippen LogP contribution >= 0.6 is 22.7 Å². The first-order chi connectivity index (χ1) is 15.3. The zero-order chi connectivity index (χ0) is 23.0. The van der Waals surface area contributed by atoms with Crippen LogP contribution in [0.1, 0.15) is 44.1 Å². The van der Waals surface area contributed by atoms with E-state index in [9.17, 15) is 19.5 Å². The van der Waals surface area contributed by atoms with Gasteiger partial charge in [0.1, 0.15) is 22.7 Å². The lowest BCUT2D eigenvalue weighted by atomic mass is 9.75. The summed E-state index contributed by atoms with van der Waals surface area (Å²) in [7, 11) is 0. The highest BCUT2D eigenvalue weighted by Gasteiger charge is 2.63. The zero-order valence-electron chi connectivity index (χ0n) is 18.3. The lowest BCUT2D eigenvalue weighted by Crippen LogP contribution is -2.60. The minimum absolute atomic E-state index is 0.160. The lowest BCUT2D eigenvalue weighted by Gasteiger charge is -2.48. The van der Waals surface area contributed by atoms with Gasteiger partial charge >= 0.3 is 5.97 Å². The van der Waals surface area contributed by atoms with Gasteiger partial charge in [-0.3, -0.25) is 14.4 Å². The van der Waals surface area contributed by atoms with Crippen LogP contribution < -0.4 is 0 Å². The monoisotopic (exact) mass is 477 g/mol. The van der Waals surface area contributed by atoms with Crippen LogP contribution in [-0.2, 0) is 14.3 Å². The first kappa shape index (κ1) is 22.9. The van der Waals surface area contributed by atoms with Gasteiger partial charge in [0.15, 0.2) is 0 Å². The van der Waals surface area contributed by atoms with Crippen LogP contribution in [0.4, 0.5) is 0 Å². The standard InChI is InChI=1S/C22H27N3O5S2/c1-4-30-21(29)16-17(26)20(28)25(13(2)3)22(16)7-9-24(10-8-22)19(27)14-12-32-18(23-14)15-6-5-11-31-15/h5-6,11-13,16-17,26H,4,7-10H2,1-3H3/t16-,17-/m1/s1. The molecule has 8 nitrogen and oxygen atoms in total. The summed E-state index contributed by atoms with van der Waals surface area (Å²) < 4.78 is 5.22. The molecule has 10 heteroatoms. The summed E-state index contributed by atoms with van der Waals surface area (Å²) in [6.07, 6.45) is -0.637. The summed E-state index contributed by atoms with van der Waals surface area (Å²) in [6, 6.07) is 3.73. The maximum absolute atomic E-state index is 13.1. The van der Waals surface area contributed by atoms with Crippen LogP contribution in [0.2, 0.25) is 0 Å². The largest absolute Gasteiger partial charge is 0.466 e. The second kappa shape index (κ2) is 8.92. The third kappa shape index (κ3) is 3.74. The molecule has 1 N–H and O–H groups in total. The van der Waals surface area contributed by atoms with Crippen molar-refractivity contribution in [3.63, 3.8) is 0 Å². The number of aliphatic hydroxyl groups is 1. The minimum Gasteiger partial charge on any atom is -0.466 e. The molecule has 0 aliphatic carbocycles. The average molecular weight is 478 g/mol. The number of aromatic nitrogens is 1. The van der Waals surface area contributed by atoms with Crippen molar-refractivity contribution < 1.29 is 24.2 Å². The number of rotatable bonds is 5. The molecule has 0 radical (unpaired) electrons. The molecule has 32 heavy (non-hydrogen) atoms. The predicted molar refractivity (Wildman–Crippen MR) is 121 cm³/mol. The van der Waals surface area contributed by atoms with Gasteiger partial charge in [-0.1, -0.05) is 6.07 Å². The predicted octanol–water partition coefficient (Wildman–Crippen LogP) is 2.64. The molecule has 0 aromatic carbocycles. The Balaban J connectivity index is 1.55. The molecule has 1 spiro atoms. The van der Waals surface area contributed by atoms with Gasteiger partial charge in [0.25, 0.3) is 11.8 Å². The molecule has 0 unspecified atom stereocenters. The Bertz CT molecular complexity index is 995. The van der Waals surface area contributed by atoms with Gasteiger partial charge in [0, 0.05) is 24.5 Å². The normalized spacial score (nSPS) is 22.7. The van der Waals surface area contributed by atoms with Gasteiger partial charge < -0.3 is 19.6 Å². The van der Waals surface area contributed by atoms with Crippen LogP contribution in [0.5, 0.6) is 0 Å². The van der Waals surface area contributed by atoms with E-state index in [0.717, 1.165) is 9.88 Å². The number of piperidine rings is 1. The maximum Gasteiger partial charge on any atom is 0.314 e. The highest BCUT2D eigenvalue weighted by molar-refractivity contribution is 7.20. The SMILES string of the molecule is CCOC(=O)[C@H]1[C@@H](O)C(=O)N(C(C)C)C12CCN(C(=O)c1csc(-c3cccs3)n1)CC2. The van der Waals surface area contributed by atoms with Crippen molar-refractivity contribution in [1.29, 1.82) is 0 Å². The van der Waals surface area contributed by atoms with Crippen molar-refractivity contribution in [2.24, 2.45) is 5.92 Å². The number of aliphatic hydroxyl groups excluding tert-OH is 1. The molecule has 2 atom stereocenters. The number of likely N-dealkylation sites (tertiary alicyclic amines) is 2. The van der Waals surface area contributed by atoms with Gasteiger partial charge in [-0.15, -0.1) is 22.7 Å². The Hall–Kier alpha value is -2.30. The number of hydrogen-bond acceptors (Lipinski definition) is 8. The van der Waals surface area contributed by atoms with Crippen LogP contribution in [0.3, 0.4) is 0 Å². The van der Waals surface area contributed by atoms with Gasteiger partial charge in [-0.25, -0.2) is 4.98 Å². The molecule has 0 bridgehead atoms. The van der Waals surface area contributed by atoms with Crippen LogP contribution in [0, 0.1) is 5.92 Å². The number of esters is 1. The molecule has 2 aromatic heterocycles. The van der Waals surface area contributed by atoms with E-state index in [1.165, 1.54) is 11.3 Å². The van der Waals surface area contributed by atoms with Crippen molar-refractivity contribution >= 4 is 40.5 Å². The molecule has 172 valence electrons. The van der Waals surface area contributed by atoms with E-state index < -0.39 is 29.4 Å². The van der Waals surface area contributed by atoms with E-state index in [1.54, 1.807) is 33.4 Å². The van der Waals surface area contributed by atoms with E-state index in [0.29, 0.717) is 31.6 Å². The highest BCUT2D eigenvalue weighted by atomic mass is 32.1. The number of carbonyl (C=O) groups excluding carboxylic acids is 3. The fourth-order valence-electron chi connectivity index (χ4n) is 4.99. The Morgan fingerprint density at radius 3 is 2.62 bits per heavy atom. The van der Waals surface area contributed by atoms with Crippen molar-refractivity contribution in [3.8, 4) is 9.88 Å². The van der Waals surface area contributed by atoms with Gasteiger partial charge in [-0.05, 0) is 45.1 Å². The number of nitrogens with zero attached hydrogens (tertiary/aromatic N) is 3. The summed E-state index contributed by atoms with van der Waals surface area (Å²) >= 11 is 3.02. The van der Waals surface area contributed by atoms with Crippen molar-refractivity contribution in [1.82, 2.24) is 14.8 Å². The molecule has 4 rings (SSSR count). The topological polar surface area (TPSA) is 100 Å². The summed E-state index contributed by atoms with van der Waals surface area (Å²) in [4.78, 5) is 47.6. The van der Waals surface area contributed by atoms with Crippen molar-refractivity contribution in [3.05, 3.63) is 28.6 Å². The summed E-state index contributed by atoms with van der Waals surface area (Å²) in [5, 5.41) is 15.2. The number of thiophene rings is 1. The van der Waals surface area contributed by atoms with Crippen molar-refractivity contribution in [2.75, 3.05) is 19.7 Å². The Morgan fingerprint density at radius 1 is 1.31 bits per heavy atom. The number of ether oxygens (including phenoxy) is 1. The maximum atomic E-state index is 13.1. The van der Waals surface area contributed by atoms with E-state index in [2.05, 4.69) is 4.98 Å². The van der Waals surface area contributed by atoms with Crippen molar-refractivity contribution in [2.45, 2.75) is 51.3 Å². The Kier molecular flexibility index (Phi) is 6.37. The fraction of sp³-hybridized carbons (Fsp3) is 0.545. The minimum atomic E-state index is -1.43. The second-order valence-corrected chi connectivity index (χ2v) is 10.2. The van der Waals surface area contributed by atoms with Gasteiger partial charge in [-0.2, -0.15) is 0 Å². The number of thiazole rings is 1. The molecule has 2 saturated heterocycles. The average Bonchev–Trinajstić information content (AvgIpc) is 3.48. The fourth-order valence-corrected chi connectivity index (χ4v) is 6.60. The Morgan fingerprint density at radius 2 is 2.03 bits per heavy atom.